The number of cyclic esters (lactones) is 1. The predicted octanol–water partition coefficient (Wildman–Crippen LogP) is 1.91. The minimum atomic E-state index is -1.82. The van der Waals surface area contributed by atoms with Gasteiger partial charge in [-0.3, -0.25) is 9.78 Å². The molecule has 2 aliphatic rings. The van der Waals surface area contributed by atoms with Gasteiger partial charge in [0.2, 0.25) is 0 Å². The lowest BCUT2D eigenvalue weighted by Gasteiger charge is -2.33. The van der Waals surface area contributed by atoms with Crippen molar-refractivity contribution < 1.29 is 19.4 Å². The van der Waals surface area contributed by atoms with Crippen LogP contribution in [0.15, 0.2) is 44.8 Å². The van der Waals surface area contributed by atoms with Crippen LogP contribution < -0.4 is 10.5 Å². The van der Waals surface area contributed by atoms with E-state index in [0.29, 0.717) is 14.7 Å². The van der Waals surface area contributed by atoms with E-state index >= 15 is 0 Å². The molecule has 2 aromatic heterocycles. The highest BCUT2D eigenvalue weighted by molar-refractivity contribution is 14.1. The molecule has 2 aromatic rings. The summed E-state index contributed by atoms with van der Waals surface area (Å²) in [5.74, 6) is 1.25. The maximum Gasteiger partial charge on any atom is 0.343 e. The number of hydrogen-bond acceptors (Lipinski definition) is 7. The van der Waals surface area contributed by atoms with E-state index in [0.717, 1.165) is 11.4 Å². The van der Waals surface area contributed by atoms with Gasteiger partial charge in [-0.2, -0.15) is 0 Å². The molecule has 4 heterocycles. The average molecular weight is 519 g/mol. The van der Waals surface area contributed by atoms with Crippen molar-refractivity contribution in [2.75, 3.05) is 11.9 Å². The molecule has 1 N–H and O–H groups in total. The molecule has 0 radical (unpaired) electrons. The fraction of sp³-hybridized carbons (Fsp3) is 0.286. The van der Waals surface area contributed by atoms with Gasteiger partial charge >= 0.3 is 5.97 Å². The van der Waals surface area contributed by atoms with Crippen LogP contribution in [0.5, 0.6) is 0 Å². The first-order chi connectivity index (χ1) is 14.3. The Balaban J connectivity index is 1.80. The van der Waals surface area contributed by atoms with E-state index in [9.17, 15) is 19.5 Å². The van der Waals surface area contributed by atoms with Gasteiger partial charge in [-0.05, 0) is 41.1 Å². The summed E-state index contributed by atoms with van der Waals surface area (Å²) in [6, 6.07) is 3.39. The first kappa shape index (κ1) is 20.5. The Bertz CT molecular complexity index is 1210. The lowest BCUT2D eigenvalue weighted by Crippen LogP contribution is -2.44. The second-order valence-electron chi connectivity index (χ2n) is 7.12. The third-order valence-corrected chi connectivity index (χ3v) is 6.80. The fourth-order valence-corrected chi connectivity index (χ4v) is 4.77. The van der Waals surface area contributed by atoms with Crippen LogP contribution in [0.3, 0.4) is 0 Å². The van der Waals surface area contributed by atoms with Crippen LogP contribution in [0, 0.1) is 0 Å². The second-order valence-corrected chi connectivity index (χ2v) is 8.20. The molecule has 0 amide bonds. The van der Waals surface area contributed by atoms with Gasteiger partial charge in [-0.25, -0.2) is 9.59 Å². The van der Waals surface area contributed by atoms with Crippen molar-refractivity contribution in [1.82, 2.24) is 9.55 Å². The van der Waals surface area contributed by atoms with Crippen LogP contribution >= 0.6 is 22.6 Å². The average Bonchev–Trinajstić information content (AvgIpc) is 2.75. The molecule has 2 aliphatic heterocycles. The highest BCUT2D eigenvalue weighted by Gasteiger charge is 2.44. The van der Waals surface area contributed by atoms with Crippen LogP contribution in [0.4, 0.5) is 5.69 Å². The van der Waals surface area contributed by atoms with Gasteiger partial charge in [0.15, 0.2) is 5.60 Å². The number of nitrogens with zero attached hydrogens (tertiary/aromatic N) is 3. The zero-order chi connectivity index (χ0) is 21.6. The topological polar surface area (TPSA) is 102 Å². The van der Waals surface area contributed by atoms with Crippen molar-refractivity contribution in [3.8, 4) is 0 Å². The lowest BCUT2D eigenvalue weighted by molar-refractivity contribution is -0.172. The van der Waals surface area contributed by atoms with Gasteiger partial charge in [0.25, 0.3) is 5.56 Å². The minimum absolute atomic E-state index is 0.104. The SMILES string of the molecule is CC[C@@]1(O)C(=O)OCc2c1ccn(CC1=C(I)C(=C=O)c3cnccc3N1C)c2=O. The zero-order valence-electron chi connectivity index (χ0n) is 16.3. The normalized spacial score (nSPS) is 20.5. The first-order valence-corrected chi connectivity index (χ1v) is 10.4. The lowest BCUT2D eigenvalue weighted by atomic mass is 9.87. The van der Waals surface area contributed by atoms with Crippen molar-refractivity contribution in [2.45, 2.75) is 32.1 Å². The molecule has 1 atom stereocenters. The Morgan fingerprint density at radius 3 is 2.83 bits per heavy atom. The Morgan fingerprint density at radius 2 is 2.13 bits per heavy atom. The largest absolute Gasteiger partial charge is 0.458 e. The number of aliphatic hydroxyl groups is 1. The molecule has 0 fully saturated rings. The van der Waals surface area contributed by atoms with E-state index in [1.807, 2.05) is 17.9 Å². The minimum Gasteiger partial charge on any atom is -0.458 e. The van der Waals surface area contributed by atoms with Crippen molar-refractivity contribution in [2.24, 2.45) is 0 Å². The zero-order valence-corrected chi connectivity index (χ0v) is 18.5. The first-order valence-electron chi connectivity index (χ1n) is 9.28. The third kappa shape index (κ3) is 2.92. The standard InChI is InChI=1S/C21H18IN3O5/c1-3-21(29)15-5-7-25(19(27)14(15)11-30-20(21)28)9-17-18(22)13(10-26)12-8-23-6-4-16(12)24(17)2/h4-8,29H,3,9,11H2,1-2H3/t21-/m0/s1. The number of likely N-dealkylation sites (N-methyl/N-ethyl adjacent to an activating group) is 1. The number of aromatic nitrogens is 2. The predicted molar refractivity (Wildman–Crippen MR) is 117 cm³/mol. The quantitative estimate of drug-likeness (QED) is 0.376. The summed E-state index contributed by atoms with van der Waals surface area (Å²) in [4.78, 5) is 42.8. The summed E-state index contributed by atoms with van der Waals surface area (Å²) >= 11 is 2.07. The van der Waals surface area contributed by atoms with Crippen molar-refractivity contribution in [3.63, 3.8) is 0 Å². The number of hydrogen-bond donors (Lipinski definition) is 1. The molecule has 0 aliphatic carbocycles. The second kappa shape index (κ2) is 7.50. The summed E-state index contributed by atoms with van der Waals surface area (Å²) in [6.45, 7) is 1.66. The summed E-state index contributed by atoms with van der Waals surface area (Å²) in [5.41, 5.74) is 0.981. The molecule has 0 spiro atoms. The third-order valence-electron chi connectivity index (χ3n) is 5.64. The van der Waals surface area contributed by atoms with Gasteiger partial charge < -0.3 is 19.3 Å². The number of pyridine rings is 2. The Labute approximate surface area is 185 Å². The molecule has 0 bridgehead atoms. The molecule has 0 saturated heterocycles. The monoisotopic (exact) mass is 519 g/mol. The number of halogens is 1. The van der Waals surface area contributed by atoms with Crippen molar-refractivity contribution in [3.05, 3.63) is 67.0 Å². The number of carbonyl (C=O) groups is 1. The van der Waals surface area contributed by atoms with E-state index in [-0.39, 0.29) is 36.3 Å². The van der Waals surface area contributed by atoms with Crippen LogP contribution in [-0.2, 0) is 33.1 Å². The van der Waals surface area contributed by atoms with E-state index in [1.54, 1.807) is 37.6 Å². The van der Waals surface area contributed by atoms with Crippen LogP contribution in [-0.4, -0.2) is 33.6 Å². The highest BCUT2D eigenvalue weighted by atomic mass is 127. The Hall–Kier alpha value is -2.75. The summed E-state index contributed by atoms with van der Waals surface area (Å²) in [6.07, 6.45) is 4.91. The highest BCUT2D eigenvalue weighted by Crippen LogP contribution is 2.41. The molecule has 30 heavy (non-hydrogen) atoms. The van der Waals surface area contributed by atoms with Crippen LogP contribution in [0.25, 0.3) is 5.57 Å². The van der Waals surface area contributed by atoms with Gasteiger partial charge in [0, 0.05) is 36.8 Å². The van der Waals surface area contributed by atoms with Gasteiger partial charge in [-0.15, -0.1) is 0 Å². The summed E-state index contributed by atoms with van der Waals surface area (Å²) in [7, 11) is 1.86. The molecule has 0 saturated carbocycles. The molecular formula is C21H18IN3O5. The number of esters is 1. The Morgan fingerprint density at radius 1 is 1.37 bits per heavy atom. The molecule has 154 valence electrons. The van der Waals surface area contributed by atoms with Gasteiger partial charge in [0.05, 0.1) is 32.6 Å². The summed E-state index contributed by atoms with van der Waals surface area (Å²) in [5, 5.41) is 10.7. The number of fused-ring (bicyclic) bond motifs is 2. The molecule has 9 heteroatoms. The van der Waals surface area contributed by atoms with E-state index in [4.69, 9.17) is 4.74 Å². The molecule has 0 aromatic carbocycles. The molecule has 0 unspecified atom stereocenters. The van der Waals surface area contributed by atoms with Gasteiger partial charge in [-0.1, -0.05) is 6.92 Å². The maximum atomic E-state index is 13.1. The van der Waals surface area contributed by atoms with Crippen LogP contribution in [0.1, 0.15) is 30.0 Å². The van der Waals surface area contributed by atoms with E-state index in [2.05, 4.69) is 27.6 Å². The maximum absolute atomic E-state index is 13.1. The Kier molecular flexibility index (Phi) is 5.13. The van der Waals surface area contributed by atoms with Gasteiger partial charge in [0.1, 0.15) is 12.5 Å². The summed E-state index contributed by atoms with van der Waals surface area (Å²) < 4.78 is 7.22. The number of rotatable bonds is 3. The van der Waals surface area contributed by atoms with Crippen LogP contribution in [0.2, 0.25) is 0 Å². The van der Waals surface area contributed by atoms with E-state index < -0.39 is 11.6 Å². The van der Waals surface area contributed by atoms with Crippen molar-refractivity contribution in [1.29, 1.82) is 0 Å². The number of anilines is 1. The van der Waals surface area contributed by atoms with Crippen molar-refractivity contribution >= 4 is 45.8 Å². The fourth-order valence-electron chi connectivity index (χ4n) is 3.84. The molecule has 4 rings (SSSR count). The smallest absolute Gasteiger partial charge is 0.343 e. The van der Waals surface area contributed by atoms with E-state index in [1.165, 1.54) is 4.57 Å². The molecular weight excluding hydrogens is 501 g/mol. The number of allylic oxidation sites excluding steroid dienone is 3. The number of ether oxygens (including phenoxy) is 1. The molecule has 8 nitrogen and oxygen atoms in total. The number of carbonyl (C=O) groups excluding carboxylic acids is 2.